The fourth-order valence-corrected chi connectivity index (χ4v) is 5.54. The number of hydrogen-bond acceptors (Lipinski definition) is 2. The predicted molar refractivity (Wildman–Crippen MR) is 157 cm³/mol. The summed E-state index contributed by atoms with van der Waals surface area (Å²) in [5.41, 5.74) is 10.8. The highest BCUT2D eigenvalue weighted by atomic mass is 16.3. The molecule has 38 heavy (non-hydrogen) atoms. The van der Waals surface area contributed by atoms with Crippen molar-refractivity contribution in [2.75, 3.05) is 0 Å². The predicted octanol–water partition coefficient (Wildman–Crippen LogP) is 10.5. The molecule has 178 valence electrons. The molecule has 0 atom stereocenters. The lowest BCUT2D eigenvalue weighted by Crippen LogP contribution is -1.83. The number of rotatable bonds is 3. The Hall–Kier alpha value is -5.08. The first-order chi connectivity index (χ1) is 18.8. The van der Waals surface area contributed by atoms with Gasteiger partial charge in [-0.2, -0.15) is 0 Å². The van der Waals surface area contributed by atoms with E-state index in [0.29, 0.717) is 0 Å². The maximum atomic E-state index is 6.02. The Morgan fingerprint density at radius 1 is 0.263 bits per heavy atom. The van der Waals surface area contributed by atoms with Gasteiger partial charge in [-0.3, -0.25) is 0 Å². The molecule has 0 bridgehead atoms. The minimum atomic E-state index is 0.920. The summed E-state index contributed by atoms with van der Waals surface area (Å²) in [4.78, 5) is 0. The second-order valence-electron chi connectivity index (χ2n) is 9.78. The highest BCUT2D eigenvalue weighted by Crippen LogP contribution is 2.35. The molecule has 0 amide bonds. The molecule has 0 aliphatic carbocycles. The van der Waals surface area contributed by atoms with Crippen LogP contribution < -0.4 is 0 Å². The van der Waals surface area contributed by atoms with Crippen molar-refractivity contribution in [3.05, 3.63) is 133 Å². The minimum Gasteiger partial charge on any atom is -0.456 e. The zero-order valence-corrected chi connectivity index (χ0v) is 20.5. The molecule has 0 unspecified atom stereocenters. The standard InChI is InChI=1S/C36H22O2/c1-3-10-33-29(8-1)31-21-27(16-18-35(31)37-33)24-14-12-23(13-15-24)25-6-5-7-26(20-25)28-17-19-36-32(22-28)30-9-2-4-11-34(30)38-36/h1-22H. The van der Waals surface area contributed by atoms with Crippen LogP contribution in [0, 0.1) is 0 Å². The Kier molecular flexibility index (Phi) is 4.55. The number of fused-ring (bicyclic) bond motifs is 6. The average Bonchev–Trinajstić information content (AvgIpc) is 3.55. The summed E-state index contributed by atoms with van der Waals surface area (Å²) in [6.07, 6.45) is 0. The highest BCUT2D eigenvalue weighted by Gasteiger charge is 2.10. The lowest BCUT2D eigenvalue weighted by Gasteiger charge is -2.08. The van der Waals surface area contributed by atoms with E-state index >= 15 is 0 Å². The van der Waals surface area contributed by atoms with E-state index in [4.69, 9.17) is 8.83 Å². The summed E-state index contributed by atoms with van der Waals surface area (Å²) >= 11 is 0. The lowest BCUT2D eigenvalue weighted by molar-refractivity contribution is 0.668. The van der Waals surface area contributed by atoms with E-state index in [-0.39, 0.29) is 0 Å². The molecule has 2 nitrogen and oxygen atoms in total. The first-order valence-corrected chi connectivity index (χ1v) is 12.8. The zero-order chi connectivity index (χ0) is 25.1. The summed E-state index contributed by atoms with van der Waals surface area (Å²) in [7, 11) is 0. The van der Waals surface area contributed by atoms with Gasteiger partial charge >= 0.3 is 0 Å². The molecule has 6 aromatic carbocycles. The molecule has 8 aromatic rings. The van der Waals surface area contributed by atoms with E-state index in [9.17, 15) is 0 Å². The number of furan rings is 2. The van der Waals surface area contributed by atoms with Crippen molar-refractivity contribution in [1.82, 2.24) is 0 Å². The van der Waals surface area contributed by atoms with Crippen molar-refractivity contribution in [2.45, 2.75) is 0 Å². The van der Waals surface area contributed by atoms with Crippen LogP contribution in [0.3, 0.4) is 0 Å². The van der Waals surface area contributed by atoms with Gasteiger partial charge in [0.2, 0.25) is 0 Å². The van der Waals surface area contributed by atoms with Gasteiger partial charge in [0.1, 0.15) is 22.3 Å². The molecule has 0 N–H and O–H groups in total. The van der Waals surface area contributed by atoms with Crippen LogP contribution in [0.1, 0.15) is 0 Å². The topological polar surface area (TPSA) is 26.3 Å². The Labute approximate surface area is 219 Å². The fourth-order valence-electron chi connectivity index (χ4n) is 5.54. The van der Waals surface area contributed by atoms with E-state index in [2.05, 4.69) is 109 Å². The summed E-state index contributed by atoms with van der Waals surface area (Å²) in [5.74, 6) is 0. The fraction of sp³-hybridized carbons (Fsp3) is 0. The van der Waals surface area contributed by atoms with Gasteiger partial charge in [-0.1, -0.05) is 91.0 Å². The largest absolute Gasteiger partial charge is 0.456 e. The molecule has 0 aliphatic heterocycles. The molecule has 0 aliphatic rings. The maximum Gasteiger partial charge on any atom is 0.135 e. The van der Waals surface area contributed by atoms with Crippen LogP contribution in [-0.4, -0.2) is 0 Å². The highest BCUT2D eigenvalue weighted by molar-refractivity contribution is 6.07. The Bertz CT molecular complexity index is 2120. The van der Waals surface area contributed by atoms with Crippen LogP contribution in [0.25, 0.3) is 77.3 Å². The van der Waals surface area contributed by atoms with E-state index in [0.717, 1.165) is 43.9 Å². The van der Waals surface area contributed by atoms with Gasteiger partial charge in [0, 0.05) is 21.5 Å². The number of benzene rings is 6. The van der Waals surface area contributed by atoms with Crippen molar-refractivity contribution in [3.8, 4) is 33.4 Å². The van der Waals surface area contributed by atoms with Gasteiger partial charge in [-0.15, -0.1) is 0 Å². The monoisotopic (exact) mass is 486 g/mol. The molecule has 2 heterocycles. The van der Waals surface area contributed by atoms with Crippen LogP contribution >= 0.6 is 0 Å². The third kappa shape index (κ3) is 3.35. The van der Waals surface area contributed by atoms with Crippen LogP contribution in [0.15, 0.2) is 142 Å². The Morgan fingerprint density at radius 2 is 0.658 bits per heavy atom. The average molecular weight is 487 g/mol. The second-order valence-corrected chi connectivity index (χ2v) is 9.78. The summed E-state index contributed by atoms with van der Waals surface area (Å²) in [5, 5.41) is 4.60. The van der Waals surface area contributed by atoms with Gasteiger partial charge in [0.25, 0.3) is 0 Å². The van der Waals surface area contributed by atoms with E-state index < -0.39 is 0 Å². The number of hydrogen-bond donors (Lipinski definition) is 0. The molecule has 0 saturated heterocycles. The summed E-state index contributed by atoms with van der Waals surface area (Å²) in [6, 6.07) is 46.9. The van der Waals surface area contributed by atoms with Gasteiger partial charge in [0.15, 0.2) is 0 Å². The Morgan fingerprint density at radius 3 is 1.21 bits per heavy atom. The van der Waals surface area contributed by atoms with Gasteiger partial charge < -0.3 is 8.83 Å². The molecule has 0 radical (unpaired) electrons. The van der Waals surface area contributed by atoms with Gasteiger partial charge in [-0.25, -0.2) is 0 Å². The third-order valence-corrected chi connectivity index (χ3v) is 7.50. The summed E-state index contributed by atoms with van der Waals surface area (Å²) < 4.78 is 12.0. The van der Waals surface area contributed by atoms with Crippen LogP contribution in [0.4, 0.5) is 0 Å². The first kappa shape index (κ1) is 21.0. The van der Waals surface area contributed by atoms with Gasteiger partial charge in [-0.05, 0) is 75.8 Å². The van der Waals surface area contributed by atoms with E-state index in [1.165, 1.54) is 33.4 Å². The van der Waals surface area contributed by atoms with Crippen molar-refractivity contribution >= 4 is 43.9 Å². The molecule has 2 heteroatoms. The van der Waals surface area contributed by atoms with E-state index in [1.807, 2.05) is 24.3 Å². The third-order valence-electron chi connectivity index (χ3n) is 7.50. The smallest absolute Gasteiger partial charge is 0.135 e. The minimum absolute atomic E-state index is 0.920. The lowest BCUT2D eigenvalue weighted by atomic mass is 9.96. The van der Waals surface area contributed by atoms with Crippen molar-refractivity contribution in [2.24, 2.45) is 0 Å². The molecule has 2 aromatic heterocycles. The molecule has 0 saturated carbocycles. The van der Waals surface area contributed by atoms with Crippen LogP contribution in [0.2, 0.25) is 0 Å². The van der Waals surface area contributed by atoms with Crippen molar-refractivity contribution < 1.29 is 8.83 Å². The molecular formula is C36H22O2. The molecule has 0 fully saturated rings. The van der Waals surface area contributed by atoms with Crippen LogP contribution in [0.5, 0.6) is 0 Å². The summed E-state index contributed by atoms with van der Waals surface area (Å²) in [6.45, 7) is 0. The zero-order valence-electron chi connectivity index (χ0n) is 20.5. The number of para-hydroxylation sites is 2. The molecule has 8 rings (SSSR count). The Balaban J connectivity index is 1.14. The van der Waals surface area contributed by atoms with Crippen LogP contribution in [-0.2, 0) is 0 Å². The second kappa shape index (κ2) is 8.22. The first-order valence-electron chi connectivity index (χ1n) is 12.8. The SMILES string of the molecule is c1cc(-c2ccc(-c3ccc4oc5ccccc5c4c3)cc2)cc(-c2ccc3oc4ccccc4c3c2)c1. The normalized spacial score (nSPS) is 11.7. The quantitative estimate of drug-likeness (QED) is 0.248. The van der Waals surface area contributed by atoms with E-state index in [1.54, 1.807) is 0 Å². The maximum absolute atomic E-state index is 6.02. The van der Waals surface area contributed by atoms with Crippen molar-refractivity contribution in [3.63, 3.8) is 0 Å². The molecule has 0 spiro atoms. The van der Waals surface area contributed by atoms with Crippen molar-refractivity contribution in [1.29, 1.82) is 0 Å². The van der Waals surface area contributed by atoms with Gasteiger partial charge in [0.05, 0.1) is 0 Å². The molecular weight excluding hydrogens is 464 g/mol.